The van der Waals surface area contributed by atoms with Gasteiger partial charge in [-0.3, -0.25) is 9.79 Å². The average Bonchev–Trinajstić information content (AvgIpc) is 3.21. The maximum Gasteiger partial charge on any atom is 0.227 e. The number of aliphatic imine (C=N–C) groups is 1. The van der Waals surface area contributed by atoms with Crippen LogP contribution >= 0.6 is 11.6 Å². The molecule has 1 amide bonds. The van der Waals surface area contributed by atoms with Crippen molar-refractivity contribution in [2.24, 2.45) is 4.99 Å². The van der Waals surface area contributed by atoms with Crippen LogP contribution in [0.5, 0.6) is 11.5 Å². The zero-order valence-electron chi connectivity index (χ0n) is 18.2. The van der Waals surface area contributed by atoms with Gasteiger partial charge in [0, 0.05) is 38.8 Å². The Hall–Kier alpha value is -2.93. The van der Waals surface area contributed by atoms with Gasteiger partial charge in [0.1, 0.15) is 0 Å². The second-order valence-corrected chi connectivity index (χ2v) is 7.54. The van der Waals surface area contributed by atoms with E-state index in [9.17, 15) is 4.79 Å². The predicted octanol–water partition coefficient (Wildman–Crippen LogP) is 3.74. The number of benzene rings is 2. The van der Waals surface area contributed by atoms with E-state index in [1.807, 2.05) is 48.2 Å². The molecule has 0 bridgehead atoms. The normalized spacial score (nSPS) is 14.0. The molecule has 2 aromatic rings. The first-order chi connectivity index (χ1) is 15.0. The molecule has 1 aliphatic rings. The second-order valence-electron chi connectivity index (χ2n) is 7.14. The minimum atomic E-state index is 0.196. The summed E-state index contributed by atoms with van der Waals surface area (Å²) in [4.78, 5) is 18.0. The van der Waals surface area contributed by atoms with E-state index in [2.05, 4.69) is 15.6 Å². The smallest absolute Gasteiger partial charge is 0.227 e. The molecule has 2 N–H and O–H groups in total. The molecule has 0 unspecified atom stereocenters. The number of carbonyl (C=O) groups excluding carboxylic acids is 1. The van der Waals surface area contributed by atoms with Crippen LogP contribution in [0.4, 0.5) is 5.69 Å². The second kappa shape index (κ2) is 10.9. The van der Waals surface area contributed by atoms with E-state index in [-0.39, 0.29) is 5.91 Å². The molecule has 2 aromatic carbocycles. The SMILES string of the molecule is CCOc1c(Cl)cc(CNC(=NC)NCc2ccc(N3CCCC3=O)cc2)cc1OC. The molecule has 0 aliphatic carbocycles. The molecule has 0 spiro atoms. The van der Waals surface area contributed by atoms with Gasteiger partial charge in [-0.2, -0.15) is 0 Å². The molecule has 8 heteroatoms. The van der Waals surface area contributed by atoms with E-state index in [0.717, 1.165) is 29.8 Å². The Balaban J connectivity index is 1.55. The lowest BCUT2D eigenvalue weighted by Crippen LogP contribution is -2.36. The van der Waals surface area contributed by atoms with Crippen molar-refractivity contribution in [1.29, 1.82) is 0 Å². The summed E-state index contributed by atoms with van der Waals surface area (Å²) < 4.78 is 11.0. The highest BCUT2D eigenvalue weighted by molar-refractivity contribution is 6.32. The Bertz CT molecular complexity index is 931. The van der Waals surface area contributed by atoms with Crippen LogP contribution in [0.25, 0.3) is 0 Å². The molecule has 0 atom stereocenters. The zero-order chi connectivity index (χ0) is 22.2. The van der Waals surface area contributed by atoms with E-state index >= 15 is 0 Å². The lowest BCUT2D eigenvalue weighted by Gasteiger charge is -2.17. The van der Waals surface area contributed by atoms with Gasteiger partial charge >= 0.3 is 0 Å². The highest BCUT2D eigenvalue weighted by Gasteiger charge is 2.21. The Morgan fingerprint density at radius 3 is 2.45 bits per heavy atom. The summed E-state index contributed by atoms with van der Waals surface area (Å²) in [6.07, 6.45) is 1.56. The van der Waals surface area contributed by atoms with Gasteiger partial charge in [0.15, 0.2) is 17.5 Å². The van der Waals surface area contributed by atoms with Crippen molar-refractivity contribution in [2.75, 3.05) is 32.2 Å². The van der Waals surface area contributed by atoms with Gasteiger partial charge in [-0.05, 0) is 48.7 Å². The molecule has 0 radical (unpaired) electrons. The number of methoxy groups -OCH3 is 1. The highest BCUT2D eigenvalue weighted by atomic mass is 35.5. The standard InChI is InChI=1S/C23H29ClN4O3/c1-4-31-22-19(24)12-17(13-20(22)30-3)15-27-23(25-2)26-14-16-7-9-18(10-8-16)28-11-5-6-21(28)29/h7-10,12-13H,4-6,11,14-15H2,1-3H3,(H2,25,26,27). The maximum atomic E-state index is 11.9. The quantitative estimate of drug-likeness (QED) is 0.479. The molecule has 7 nitrogen and oxygen atoms in total. The molecule has 0 aromatic heterocycles. The summed E-state index contributed by atoms with van der Waals surface area (Å²) in [6, 6.07) is 11.8. The van der Waals surface area contributed by atoms with Crippen molar-refractivity contribution in [2.45, 2.75) is 32.9 Å². The first kappa shape index (κ1) is 22.7. The molecule has 31 heavy (non-hydrogen) atoms. The molecule has 1 saturated heterocycles. The van der Waals surface area contributed by atoms with Gasteiger partial charge in [-0.1, -0.05) is 23.7 Å². The summed E-state index contributed by atoms with van der Waals surface area (Å²) in [7, 11) is 3.32. The largest absolute Gasteiger partial charge is 0.493 e. The van der Waals surface area contributed by atoms with Crippen LogP contribution in [-0.4, -0.2) is 39.2 Å². The number of ether oxygens (including phenoxy) is 2. The van der Waals surface area contributed by atoms with Gasteiger partial charge in [0.2, 0.25) is 5.91 Å². The Kier molecular flexibility index (Phi) is 8.00. The van der Waals surface area contributed by atoms with E-state index in [0.29, 0.717) is 48.6 Å². The summed E-state index contributed by atoms with van der Waals surface area (Å²) in [5.41, 5.74) is 3.01. The number of nitrogens with zero attached hydrogens (tertiary/aromatic N) is 2. The van der Waals surface area contributed by atoms with Crippen LogP contribution in [0.2, 0.25) is 5.02 Å². The molecule has 0 saturated carbocycles. The lowest BCUT2D eigenvalue weighted by atomic mass is 10.2. The molecule has 1 aliphatic heterocycles. The topological polar surface area (TPSA) is 75.2 Å². The van der Waals surface area contributed by atoms with Crippen molar-refractivity contribution in [3.63, 3.8) is 0 Å². The highest BCUT2D eigenvalue weighted by Crippen LogP contribution is 2.36. The van der Waals surface area contributed by atoms with E-state index in [1.54, 1.807) is 14.2 Å². The van der Waals surface area contributed by atoms with Gasteiger partial charge in [0.25, 0.3) is 0 Å². The molecule has 1 fully saturated rings. The van der Waals surface area contributed by atoms with Crippen molar-refractivity contribution in [3.8, 4) is 11.5 Å². The number of hydrogen-bond acceptors (Lipinski definition) is 4. The first-order valence-corrected chi connectivity index (χ1v) is 10.8. The Morgan fingerprint density at radius 2 is 1.87 bits per heavy atom. The summed E-state index contributed by atoms with van der Waals surface area (Å²) in [5, 5.41) is 7.09. The third-order valence-electron chi connectivity index (χ3n) is 5.04. The molecule has 3 rings (SSSR count). The third-order valence-corrected chi connectivity index (χ3v) is 5.32. The van der Waals surface area contributed by atoms with Crippen LogP contribution in [0.1, 0.15) is 30.9 Å². The number of rotatable bonds is 8. The van der Waals surface area contributed by atoms with Gasteiger partial charge < -0.3 is 25.0 Å². The Morgan fingerprint density at radius 1 is 1.16 bits per heavy atom. The average molecular weight is 445 g/mol. The van der Waals surface area contributed by atoms with Gasteiger partial charge in [-0.25, -0.2) is 0 Å². The molecule has 166 valence electrons. The number of hydrogen-bond donors (Lipinski definition) is 2. The fourth-order valence-corrected chi connectivity index (χ4v) is 3.75. The van der Waals surface area contributed by atoms with Crippen molar-refractivity contribution >= 4 is 29.2 Å². The summed E-state index contributed by atoms with van der Waals surface area (Å²) >= 11 is 6.35. The van der Waals surface area contributed by atoms with Gasteiger partial charge in [0.05, 0.1) is 18.7 Å². The molecular weight excluding hydrogens is 416 g/mol. The molecular formula is C23H29ClN4O3. The van der Waals surface area contributed by atoms with Crippen molar-refractivity contribution in [1.82, 2.24) is 10.6 Å². The fraction of sp³-hybridized carbons (Fsp3) is 0.391. The van der Waals surface area contributed by atoms with Crippen molar-refractivity contribution < 1.29 is 14.3 Å². The number of carbonyl (C=O) groups is 1. The van der Waals surface area contributed by atoms with Crippen LogP contribution in [-0.2, 0) is 17.9 Å². The monoisotopic (exact) mass is 444 g/mol. The fourth-order valence-electron chi connectivity index (χ4n) is 3.47. The van der Waals surface area contributed by atoms with E-state index < -0.39 is 0 Å². The van der Waals surface area contributed by atoms with E-state index in [1.165, 1.54) is 0 Å². The number of halogens is 1. The lowest BCUT2D eigenvalue weighted by molar-refractivity contribution is -0.117. The summed E-state index contributed by atoms with van der Waals surface area (Å²) in [5.74, 6) is 2.02. The van der Waals surface area contributed by atoms with Crippen LogP contribution < -0.4 is 25.0 Å². The number of anilines is 1. The number of nitrogens with one attached hydrogen (secondary N) is 2. The van der Waals surface area contributed by atoms with Crippen molar-refractivity contribution in [3.05, 3.63) is 52.5 Å². The zero-order valence-corrected chi connectivity index (χ0v) is 19.0. The Labute approximate surface area is 188 Å². The van der Waals surface area contributed by atoms with E-state index in [4.69, 9.17) is 21.1 Å². The minimum absolute atomic E-state index is 0.196. The molecule has 1 heterocycles. The number of amides is 1. The third kappa shape index (κ3) is 5.82. The van der Waals surface area contributed by atoms with Crippen LogP contribution in [0, 0.1) is 0 Å². The van der Waals surface area contributed by atoms with Gasteiger partial charge in [-0.15, -0.1) is 0 Å². The maximum absolute atomic E-state index is 11.9. The van der Waals surface area contributed by atoms with Crippen LogP contribution in [0.3, 0.4) is 0 Å². The first-order valence-electron chi connectivity index (χ1n) is 10.4. The summed E-state index contributed by atoms with van der Waals surface area (Å²) in [6.45, 7) is 4.35. The minimum Gasteiger partial charge on any atom is -0.493 e. The number of guanidine groups is 1. The predicted molar refractivity (Wildman–Crippen MR) is 124 cm³/mol. The van der Waals surface area contributed by atoms with Crippen LogP contribution in [0.15, 0.2) is 41.4 Å².